The average molecular weight is 324 g/mol. The molecule has 7 nitrogen and oxygen atoms in total. The minimum atomic E-state index is -0.405. The van der Waals surface area contributed by atoms with Crippen molar-refractivity contribution in [1.29, 1.82) is 0 Å². The lowest BCUT2D eigenvalue weighted by Crippen LogP contribution is -2.26. The second kappa shape index (κ2) is 7.36. The monoisotopic (exact) mass is 324 g/mol. The van der Waals surface area contributed by atoms with E-state index >= 15 is 0 Å². The molecule has 0 radical (unpaired) electrons. The molecule has 7 heteroatoms. The zero-order chi connectivity index (χ0) is 16.8. The largest absolute Gasteiger partial charge is 0.496 e. The summed E-state index contributed by atoms with van der Waals surface area (Å²) in [4.78, 5) is 20.1. The summed E-state index contributed by atoms with van der Waals surface area (Å²) in [5.41, 5.74) is 1.75. The Bertz CT molecular complexity index is 817. The van der Waals surface area contributed by atoms with Gasteiger partial charge in [0, 0.05) is 24.5 Å². The molecular formula is C17H16N4O3. The second-order valence-corrected chi connectivity index (χ2v) is 4.98. The van der Waals surface area contributed by atoms with Crippen LogP contribution < -0.4 is 10.1 Å². The van der Waals surface area contributed by atoms with Gasteiger partial charge in [-0.1, -0.05) is 23.4 Å². The molecule has 1 aromatic carbocycles. The lowest BCUT2D eigenvalue weighted by molar-refractivity contribution is 0.0910. The van der Waals surface area contributed by atoms with Crippen LogP contribution in [0.25, 0.3) is 11.4 Å². The summed E-state index contributed by atoms with van der Waals surface area (Å²) >= 11 is 0. The molecule has 24 heavy (non-hydrogen) atoms. The van der Waals surface area contributed by atoms with Crippen LogP contribution in [-0.2, 0) is 6.42 Å². The lowest BCUT2D eigenvalue weighted by Gasteiger charge is -2.07. The molecule has 3 rings (SSSR count). The first kappa shape index (κ1) is 15.7. The van der Waals surface area contributed by atoms with Gasteiger partial charge in [0.15, 0.2) is 0 Å². The van der Waals surface area contributed by atoms with Gasteiger partial charge in [-0.3, -0.25) is 9.78 Å². The van der Waals surface area contributed by atoms with Crippen molar-refractivity contribution in [3.05, 3.63) is 60.2 Å². The second-order valence-electron chi connectivity index (χ2n) is 4.98. The minimum Gasteiger partial charge on any atom is -0.496 e. The number of carbonyl (C=O) groups excluding carboxylic acids is 1. The van der Waals surface area contributed by atoms with E-state index in [9.17, 15) is 4.79 Å². The number of pyridine rings is 1. The summed E-state index contributed by atoms with van der Waals surface area (Å²) in [6, 6.07) is 11.2. The molecule has 3 aromatic rings. The van der Waals surface area contributed by atoms with E-state index in [-0.39, 0.29) is 5.89 Å². The maximum atomic E-state index is 12.1. The Balaban J connectivity index is 1.59. The fourth-order valence-electron chi connectivity index (χ4n) is 2.23. The molecule has 0 aliphatic rings. The Morgan fingerprint density at radius 1 is 1.21 bits per heavy atom. The fraction of sp³-hybridized carbons (Fsp3) is 0.176. The molecule has 2 aromatic heterocycles. The quantitative estimate of drug-likeness (QED) is 0.747. The van der Waals surface area contributed by atoms with Gasteiger partial charge < -0.3 is 14.6 Å². The predicted molar refractivity (Wildman–Crippen MR) is 86.6 cm³/mol. The number of rotatable bonds is 6. The first-order chi connectivity index (χ1) is 11.8. The first-order valence-electron chi connectivity index (χ1n) is 7.42. The molecule has 0 atom stereocenters. The number of ether oxygens (including phenoxy) is 1. The molecule has 0 aliphatic carbocycles. The van der Waals surface area contributed by atoms with Crippen molar-refractivity contribution in [2.75, 3.05) is 13.7 Å². The lowest BCUT2D eigenvalue weighted by atomic mass is 10.1. The van der Waals surface area contributed by atoms with Crippen molar-refractivity contribution in [2.45, 2.75) is 6.42 Å². The van der Waals surface area contributed by atoms with Crippen LogP contribution in [0.2, 0.25) is 0 Å². The number of nitrogens with one attached hydrogen (secondary N) is 1. The Labute approximate surface area is 138 Å². The molecule has 0 saturated carbocycles. The van der Waals surface area contributed by atoms with E-state index in [0.29, 0.717) is 18.8 Å². The van der Waals surface area contributed by atoms with Crippen LogP contribution >= 0.6 is 0 Å². The molecule has 0 unspecified atom stereocenters. The maximum Gasteiger partial charge on any atom is 0.316 e. The Kier molecular flexibility index (Phi) is 4.81. The number of benzene rings is 1. The van der Waals surface area contributed by atoms with Gasteiger partial charge in [-0.15, -0.1) is 0 Å². The van der Waals surface area contributed by atoms with E-state index in [1.807, 2.05) is 24.3 Å². The van der Waals surface area contributed by atoms with E-state index in [4.69, 9.17) is 9.26 Å². The van der Waals surface area contributed by atoms with Crippen molar-refractivity contribution < 1.29 is 14.1 Å². The molecule has 1 N–H and O–H groups in total. The summed E-state index contributed by atoms with van der Waals surface area (Å²) in [5.74, 6) is 0.677. The summed E-state index contributed by atoms with van der Waals surface area (Å²) in [6.07, 6.45) is 3.89. The molecule has 2 heterocycles. The van der Waals surface area contributed by atoms with Gasteiger partial charge >= 0.3 is 11.8 Å². The third kappa shape index (κ3) is 3.57. The Hall–Kier alpha value is -3.22. The SMILES string of the molecule is COc1ccccc1CCNC(=O)c1nc(-c2ccncc2)no1. The van der Waals surface area contributed by atoms with Gasteiger partial charge in [-0.25, -0.2) is 0 Å². The van der Waals surface area contributed by atoms with E-state index < -0.39 is 5.91 Å². The summed E-state index contributed by atoms with van der Waals surface area (Å²) < 4.78 is 10.3. The third-order valence-electron chi connectivity index (χ3n) is 3.43. The highest BCUT2D eigenvalue weighted by atomic mass is 16.5. The molecule has 0 bridgehead atoms. The molecule has 0 fully saturated rings. The number of hydrogen-bond donors (Lipinski definition) is 1. The first-order valence-corrected chi connectivity index (χ1v) is 7.42. The van der Waals surface area contributed by atoms with E-state index in [0.717, 1.165) is 16.9 Å². The van der Waals surface area contributed by atoms with Crippen LogP contribution in [0.4, 0.5) is 0 Å². The summed E-state index contributed by atoms with van der Waals surface area (Å²) in [6.45, 7) is 0.437. The Morgan fingerprint density at radius 3 is 2.79 bits per heavy atom. The van der Waals surface area contributed by atoms with Crippen LogP contribution in [0.3, 0.4) is 0 Å². The number of nitrogens with zero attached hydrogens (tertiary/aromatic N) is 3. The highest BCUT2D eigenvalue weighted by Gasteiger charge is 2.15. The zero-order valence-corrected chi connectivity index (χ0v) is 13.1. The fourth-order valence-corrected chi connectivity index (χ4v) is 2.23. The molecule has 1 amide bonds. The van der Waals surface area contributed by atoms with E-state index in [2.05, 4.69) is 20.4 Å². The number of para-hydroxylation sites is 1. The number of amides is 1. The van der Waals surface area contributed by atoms with Gasteiger partial charge in [-0.05, 0) is 30.2 Å². The van der Waals surface area contributed by atoms with Crippen molar-refractivity contribution >= 4 is 5.91 Å². The van der Waals surface area contributed by atoms with Gasteiger partial charge in [0.25, 0.3) is 0 Å². The highest BCUT2D eigenvalue weighted by molar-refractivity contribution is 5.89. The number of hydrogen-bond acceptors (Lipinski definition) is 6. The highest BCUT2D eigenvalue weighted by Crippen LogP contribution is 2.17. The van der Waals surface area contributed by atoms with Gasteiger partial charge in [0.1, 0.15) is 5.75 Å². The van der Waals surface area contributed by atoms with Crippen LogP contribution in [-0.4, -0.2) is 34.7 Å². The van der Waals surface area contributed by atoms with E-state index in [1.165, 1.54) is 0 Å². The summed E-state index contributed by atoms with van der Waals surface area (Å²) in [7, 11) is 1.62. The molecule has 0 aliphatic heterocycles. The minimum absolute atomic E-state index is 0.0677. The molecule has 122 valence electrons. The summed E-state index contributed by atoms with van der Waals surface area (Å²) in [5, 5.41) is 6.57. The number of aromatic nitrogens is 3. The molecular weight excluding hydrogens is 308 g/mol. The van der Waals surface area contributed by atoms with Gasteiger partial charge in [0.2, 0.25) is 5.82 Å². The van der Waals surface area contributed by atoms with Crippen LogP contribution in [0.1, 0.15) is 16.2 Å². The van der Waals surface area contributed by atoms with Crippen molar-refractivity contribution in [1.82, 2.24) is 20.4 Å². The number of methoxy groups -OCH3 is 1. The maximum absolute atomic E-state index is 12.1. The zero-order valence-electron chi connectivity index (χ0n) is 13.1. The molecule has 0 saturated heterocycles. The van der Waals surface area contributed by atoms with Crippen molar-refractivity contribution in [2.24, 2.45) is 0 Å². The Morgan fingerprint density at radius 2 is 2.00 bits per heavy atom. The third-order valence-corrected chi connectivity index (χ3v) is 3.43. The van der Waals surface area contributed by atoms with Crippen LogP contribution in [0.15, 0.2) is 53.3 Å². The van der Waals surface area contributed by atoms with Crippen molar-refractivity contribution in [3.8, 4) is 17.1 Å². The average Bonchev–Trinajstić information content (AvgIpc) is 3.13. The smallest absolute Gasteiger partial charge is 0.316 e. The normalized spacial score (nSPS) is 10.4. The van der Waals surface area contributed by atoms with E-state index in [1.54, 1.807) is 31.6 Å². The van der Waals surface area contributed by atoms with Crippen LogP contribution in [0.5, 0.6) is 5.75 Å². The van der Waals surface area contributed by atoms with Crippen LogP contribution in [0, 0.1) is 0 Å². The molecule has 0 spiro atoms. The van der Waals surface area contributed by atoms with Gasteiger partial charge in [0.05, 0.1) is 7.11 Å². The standard InChI is InChI=1S/C17H16N4O3/c1-23-14-5-3-2-4-12(14)8-11-19-16(22)17-20-15(21-24-17)13-6-9-18-10-7-13/h2-7,9-10H,8,11H2,1H3,(H,19,22). The number of carbonyl (C=O) groups is 1. The predicted octanol–water partition coefficient (Wildman–Crippen LogP) is 2.11. The van der Waals surface area contributed by atoms with Crippen molar-refractivity contribution in [3.63, 3.8) is 0 Å². The van der Waals surface area contributed by atoms with Gasteiger partial charge in [-0.2, -0.15) is 4.98 Å². The topological polar surface area (TPSA) is 90.1 Å².